The molecule has 1 aromatic carbocycles. The molecule has 0 saturated carbocycles. The SMILES string of the molecule is CC(Cc1cccc(F)c1)NCC(=O)N1CCCCC1. The molecule has 1 aromatic rings. The maximum absolute atomic E-state index is 13.1. The zero-order valence-electron chi connectivity index (χ0n) is 12.1. The average Bonchev–Trinajstić information content (AvgIpc) is 2.46. The molecule has 1 aliphatic heterocycles. The summed E-state index contributed by atoms with van der Waals surface area (Å²) in [6, 6.07) is 6.78. The van der Waals surface area contributed by atoms with E-state index in [-0.39, 0.29) is 17.8 Å². The molecule has 1 amide bonds. The highest BCUT2D eigenvalue weighted by Gasteiger charge is 2.16. The van der Waals surface area contributed by atoms with E-state index in [2.05, 4.69) is 5.32 Å². The van der Waals surface area contributed by atoms with Crippen molar-refractivity contribution in [3.63, 3.8) is 0 Å². The number of hydrogen-bond donors (Lipinski definition) is 1. The maximum atomic E-state index is 13.1. The van der Waals surface area contributed by atoms with E-state index in [1.807, 2.05) is 17.9 Å². The predicted octanol–water partition coefficient (Wildman–Crippen LogP) is 2.36. The van der Waals surface area contributed by atoms with Crippen molar-refractivity contribution in [2.45, 2.75) is 38.6 Å². The summed E-state index contributed by atoms with van der Waals surface area (Å²) in [6.07, 6.45) is 4.19. The van der Waals surface area contributed by atoms with Gasteiger partial charge in [0.25, 0.3) is 0 Å². The number of nitrogens with zero attached hydrogens (tertiary/aromatic N) is 1. The lowest BCUT2D eigenvalue weighted by Gasteiger charge is -2.27. The molecule has 0 aliphatic carbocycles. The van der Waals surface area contributed by atoms with Crippen molar-refractivity contribution in [3.05, 3.63) is 35.6 Å². The fraction of sp³-hybridized carbons (Fsp3) is 0.562. The quantitative estimate of drug-likeness (QED) is 0.896. The van der Waals surface area contributed by atoms with Crippen molar-refractivity contribution < 1.29 is 9.18 Å². The largest absolute Gasteiger partial charge is 0.342 e. The summed E-state index contributed by atoms with van der Waals surface area (Å²) in [4.78, 5) is 13.9. The minimum Gasteiger partial charge on any atom is -0.342 e. The molecule has 2 rings (SSSR count). The van der Waals surface area contributed by atoms with Gasteiger partial charge in [0.2, 0.25) is 5.91 Å². The normalized spacial score (nSPS) is 17.0. The van der Waals surface area contributed by atoms with Gasteiger partial charge >= 0.3 is 0 Å². The number of carbonyl (C=O) groups is 1. The van der Waals surface area contributed by atoms with Crippen molar-refractivity contribution in [1.29, 1.82) is 0 Å². The van der Waals surface area contributed by atoms with Crippen molar-refractivity contribution in [2.24, 2.45) is 0 Å². The Bertz CT molecular complexity index is 444. The fourth-order valence-corrected chi connectivity index (χ4v) is 2.61. The van der Waals surface area contributed by atoms with Crippen molar-refractivity contribution in [2.75, 3.05) is 19.6 Å². The van der Waals surface area contributed by atoms with Gasteiger partial charge in [-0.25, -0.2) is 4.39 Å². The lowest BCUT2D eigenvalue weighted by molar-refractivity contribution is -0.131. The topological polar surface area (TPSA) is 32.3 Å². The van der Waals surface area contributed by atoms with E-state index in [0.29, 0.717) is 6.54 Å². The second-order valence-electron chi connectivity index (χ2n) is 5.56. The zero-order valence-corrected chi connectivity index (χ0v) is 12.1. The number of carbonyl (C=O) groups excluding carboxylic acids is 1. The van der Waals surface area contributed by atoms with Gasteiger partial charge in [-0.15, -0.1) is 0 Å². The third-order valence-electron chi connectivity index (χ3n) is 3.74. The van der Waals surface area contributed by atoms with E-state index in [1.54, 1.807) is 12.1 Å². The summed E-state index contributed by atoms with van der Waals surface area (Å²) in [5, 5.41) is 3.23. The van der Waals surface area contributed by atoms with E-state index < -0.39 is 0 Å². The van der Waals surface area contributed by atoms with Crippen LogP contribution in [0, 0.1) is 5.82 Å². The van der Waals surface area contributed by atoms with E-state index in [1.165, 1.54) is 12.5 Å². The number of likely N-dealkylation sites (tertiary alicyclic amines) is 1. The highest BCUT2D eigenvalue weighted by Crippen LogP contribution is 2.09. The summed E-state index contributed by atoms with van der Waals surface area (Å²) in [7, 11) is 0. The van der Waals surface area contributed by atoms with E-state index in [0.717, 1.165) is 37.9 Å². The molecule has 20 heavy (non-hydrogen) atoms. The molecular formula is C16H23FN2O. The van der Waals surface area contributed by atoms with Gasteiger partial charge in [0.15, 0.2) is 0 Å². The summed E-state index contributed by atoms with van der Waals surface area (Å²) >= 11 is 0. The molecule has 1 fully saturated rings. The van der Waals surface area contributed by atoms with Crippen LogP contribution < -0.4 is 5.32 Å². The minimum absolute atomic E-state index is 0.158. The van der Waals surface area contributed by atoms with Gasteiger partial charge in [0.05, 0.1) is 6.54 Å². The molecule has 0 aromatic heterocycles. The number of piperidine rings is 1. The van der Waals surface area contributed by atoms with Gasteiger partial charge in [-0.2, -0.15) is 0 Å². The Morgan fingerprint density at radius 2 is 2.10 bits per heavy atom. The molecule has 1 N–H and O–H groups in total. The Morgan fingerprint density at radius 1 is 1.35 bits per heavy atom. The molecule has 1 heterocycles. The maximum Gasteiger partial charge on any atom is 0.236 e. The first-order chi connectivity index (χ1) is 9.65. The Kier molecular flexibility index (Phi) is 5.53. The van der Waals surface area contributed by atoms with Gasteiger partial charge in [-0.05, 0) is 50.3 Å². The highest BCUT2D eigenvalue weighted by molar-refractivity contribution is 5.78. The number of benzene rings is 1. The van der Waals surface area contributed by atoms with Crippen LogP contribution in [-0.4, -0.2) is 36.5 Å². The summed E-state index contributed by atoms with van der Waals surface area (Å²) in [5.74, 6) is -0.0325. The predicted molar refractivity (Wildman–Crippen MR) is 78.0 cm³/mol. The van der Waals surface area contributed by atoms with Crippen LogP contribution in [0.25, 0.3) is 0 Å². The summed E-state index contributed by atoms with van der Waals surface area (Å²) in [6.45, 7) is 4.17. The fourth-order valence-electron chi connectivity index (χ4n) is 2.61. The molecular weight excluding hydrogens is 255 g/mol. The van der Waals surface area contributed by atoms with Gasteiger partial charge < -0.3 is 10.2 Å². The van der Waals surface area contributed by atoms with Crippen LogP contribution in [0.5, 0.6) is 0 Å². The molecule has 0 radical (unpaired) electrons. The molecule has 1 aliphatic rings. The Hall–Kier alpha value is -1.42. The second-order valence-corrected chi connectivity index (χ2v) is 5.56. The van der Waals surface area contributed by atoms with Gasteiger partial charge in [0, 0.05) is 19.1 Å². The molecule has 4 heteroatoms. The average molecular weight is 278 g/mol. The first-order valence-electron chi connectivity index (χ1n) is 7.41. The first-order valence-corrected chi connectivity index (χ1v) is 7.41. The monoisotopic (exact) mass is 278 g/mol. The van der Waals surface area contributed by atoms with Crippen molar-refractivity contribution in [3.8, 4) is 0 Å². The van der Waals surface area contributed by atoms with E-state index in [9.17, 15) is 9.18 Å². The lowest BCUT2D eigenvalue weighted by atomic mass is 10.1. The van der Waals surface area contributed by atoms with Crippen molar-refractivity contribution >= 4 is 5.91 Å². The van der Waals surface area contributed by atoms with Crippen LogP contribution in [0.1, 0.15) is 31.7 Å². The van der Waals surface area contributed by atoms with Crippen molar-refractivity contribution in [1.82, 2.24) is 10.2 Å². The number of amides is 1. The van der Waals surface area contributed by atoms with Crippen LogP contribution in [-0.2, 0) is 11.2 Å². The molecule has 3 nitrogen and oxygen atoms in total. The van der Waals surface area contributed by atoms with Crippen LogP contribution in [0.15, 0.2) is 24.3 Å². The standard InChI is InChI=1S/C16H23FN2O/c1-13(10-14-6-5-7-15(17)11-14)18-12-16(20)19-8-3-2-4-9-19/h5-7,11,13,18H,2-4,8-10,12H2,1H3. The summed E-state index contributed by atoms with van der Waals surface area (Å²) < 4.78 is 13.1. The Morgan fingerprint density at radius 3 is 2.80 bits per heavy atom. The van der Waals surface area contributed by atoms with Crippen LogP contribution in [0.3, 0.4) is 0 Å². The molecule has 1 atom stereocenters. The molecule has 0 spiro atoms. The summed E-state index contributed by atoms with van der Waals surface area (Å²) in [5.41, 5.74) is 0.954. The lowest BCUT2D eigenvalue weighted by Crippen LogP contribution is -2.43. The van der Waals surface area contributed by atoms with Gasteiger partial charge in [-0.3, -0.25) is 4.79 Å². The first kappa shape index (κ1) is 15.0. The van der Waals surface area contributed by atoms with E-state index >= 15 is 0 Å². The smallest absolute Gasteiger partial charge is 0.236 e. The third kappa shape index (κ3) is 4.60. The van der Waals surface area contributed by atoms with Crippen LogP contribution >= 0.6 is 0 Å². The number of hydrogen-bond acceptors (Lipinski definition) is 2. The number of rotatable bonds is 5. The van der Waals surface area contributed by atoms with Gasteiger partial charge in [0.1, 0.15) is 5.82 Å². The third-order valence-corrected chi connectivity index (χ3v) is 3.74. The number of nitrogens with one attached hydrogen (secondary N) is 1. The molecule has 110 valence electrons. The second kappa shape index (κ2) is 7.39. The molecule has 1 unspecified atom stereocenters. The number of halogens is 1. The molecule has 0 bridgehead atoms. The van der Waals surface area contributed by atoms with Gasteiger partial charge in [-0.1, -0.05) is 12.1 Å². The Balaban J connectivity index is 1.74. The van der Waals surface area contributed by atoms with Crippen LogP contribution in [0.4, 0.5) is 4.39 Å². The Labute approximate surface area is 120 Å². The highest BCUT2D eigenvalue weighted by atomic mass is 19.1. The molecule has 1 saturated heterocycles. The zero-order chi connectivity index (χ0) is 14.4. The van der Waals surface area contributed by atoms with Crippen LogP contribution in [0.2, 0.25) is 0 Å². The minimum atomic E-state index is -0.209. The van der Waals surface area contributed by atoms with E-state index in [4.69, 9.17) is 0 Å².